The minimum absolute atomic E-state index is 0.0179. The van der Waals surface area contributed by atoms with Crippen LogP contribution in [-0.2, 0) is 4.79 Å². The molecule has 2 atom stereocenters. The number of piperidine rings is 1. The van der Waals surface area contributed by atoms with Crippen molar-refractivity contribution in [2.75, 3.05) is 13.1 Å². The molecular weight excluding hydrogens is 142 g/mol. The van der Waals surface area contributed by atoms with E-state index in [0.29, 0.717) is 12.5 Å². The summed E-state index contributed by atoms with van der Waals surface area (Å²) in [5.41, 5.74) is -0.420. The molecule has 0 bridgehead atoms. The van der Waals surface area contributed by atoms with Gasteiger partial charge in [0.05, 0.1) is 5.41 Å². The largest absolute Gasteiger partial charge is 0.481 e. The van der Waals surface area contributed by atoms with Gasteiger partial charge in [0.2, 0.25) is 0 Å². The van der Waals surface area contributed by atoms with Crippen LogP contribution >= 0.6 is 0 Å². The van der Waals surface area contributed by atoms with E-state index in [1.807, 2.05) is 13.8 Å². The summed E-state index contributed by atoms with van der Waals surface area (Å²) in [5.74, 6) is -0.273. The molecule has 0 aromatic heterocycles. The first-order chi connectivity index (χ1) is 5.03. The van der Waals surface area contributed by atoms with Crippen molar-refractivity contribution in [3.8, 4) is 0 Å². The zero-order chi connectivity index (χ0) is 8.28. The topological polar surface area (TPSA) is 49.3 Å². The van der Waals surface area contributed by atoms with Gasteiger partial charge in [-0.05, 0) is 17.9 Å². The average molecular weight is 155 g/mol. The number of nitrogens with one attached hydrogen (secondary N) is 1. The highest BCUT2D eigenvalue weighted by atomic mass is 16.4. The van der Waals surface area contributed by atoms with Gasteiger partial charge in [-0.1, -0.05) is 13.8 Å². The zero-order valence-corrected chi connectivity index (χ0v) is 6.85. The lowest BCUT2D eigenvalue weighted by Crippen LogP contribution is -2.30. The van der Waals surface area contributed by atoms with Gasteiger partial charge in [-0.25, -0.2) is 0 Å². The summed E-state index contributed by atoms with van der Waals surface area (Å²) in [6.45, 7) is 5.62. The molecule has 3 heteroatoms. The first-order valence-electron chi connectivity index (χ1n) is 3.97. The van der Waals surface area contributed by atoms with E-state index in [2.05, 4.69) is 5.32 Å². The molecule has 1 heterocycles. The Hall–Kier alpha value is -0.570. The normalized spacial score (nSPS) is 45.1. The molecule has 2 N–H and O–H groups in total. The predicted molar refractivity (Wildman–Crippen MR) is 40.2 cm³/mol. The van der Waals surface area contributed by atoms with Crippen LogP contribution in [0, 0.1) is 16.7 Å². The van der Waals surface area contributed by atoms with Crippen molar-refractivity contribution in [3.63, 3.8) is 0 Å². The summed E-state index contributed by atoms with van der Waals surface area (Å²) < 4.78 is 0. The Morgan fingerprint density at radius 2 is 2.27 bits per heavy atom. The Balaban J connectivity index is 2.33. The number of hydrogen-bond acceptors (Lipinski definition) is 2. The standard InChI is InChI=1S/C8H13NO2/c1-7(2)5-3-9-4-8(5,7)6(10)11/h5,9H,3-4H2,1-2H3,(H,10,11). The van der Waals surface area contributed by atoms with E-state index < -0.39 is 11.4 Å². The highest BCUT2D eigenvalue weighted by molar-refractivity contribution is 5.82. The molecule has 0 radical (unpaired) electrons. The molecule has 62 valence electrons. The molecule has 0 amide bonds. The van der Waals surface area contributed by atoms with E-state index in [1.54, 1.807) is 0 Å². The van der Waals surface area contributed by atoms with Gasteiger partial charge in [-0.3, -0.25) is 4.79 Å². The molecule has 0 aromatic rings. The van der Waals surface area contributed by atoms with E-state index in [1.165, 1.54) is 0 Å². The maximum absolute atomic E-state index is 10.9. The number of carboxylic acids is 1. The van der Waals surface area contributed by atoms with Crippen molar-refractivity contribution < 1.29 is 9.90 Å². The van der Waals surface area contributed by atoms with Crippen LogP contribution in [0.15, 0.2) is 0 Å². The van der Waals surface area contributed by atoms with Crippen LogP contribution in [0.25, 0.3) is 0 Å². The van der Waals surface area contributed by atoms with E-state index >= 15 is 0 Å². The maximum atomic E-state index is 10.9. The van der Waals surface area contributed by atoms with E-state index in [9.17, 15) is 4.79 Å². The number of carbonyl (C=O) groups is 1. The van der Waals surface area contributed by atoms with Crippen LogP contribution in [0.5, 0.6) is 0 Å². The fourth-order valence-corrected chi connectivity index (χ4v) is 2.66. The van der Waals surface area contributed by atoms with Gasteiger partial charge >= 0.3 is 5.97 Å². The number of rotatable bonds is 1. The van der Waals surface area contributed by atoms with Crippen molar-refractivity contribution in [3.05, 3.63) is 0 Å². The van der Waals surface area contributed by atoms with Gasteiger partial charge in [0.25, 0.3) is 0 Å². The van der Waals surface area contributed by atoms with Gasteiger partial charge < -0.3 is 10.4 Å². The van der Waals surface area contributed by atoms with E-state index in [4.69, 9.17) is 5.11 Å². The molecule has 2 rings (SSSR count). The molecule has 1 aliphatic carbocycles. The predicted octanol–water partition coefficient (Wildman–Crippen LogP) is 0.317. The van der Waals surface area contributed by atoms with Crippen LogP contribution in [-0.4, -0.2) is 24.2 Å². The monoisotopic (exact) mass is 155 g/mol. The highest BCUT2D eigenvalue weighted by Crippen LogP contribution is 2.70. The van der Waals surface area contributed by atoms with Crippen LogP contribution in [0.1, 0.15) is 13.8 Å². The molecule has 1 saturated carbocycles. The molecule has 1 saturated heterocycles. The number of carboxylic acid groups (broad SMARTS) is 1. The van der Waals surface area contributed by atoms with Gasteiger partial charge in [-0.2, -0.15) is 0 Å². The third kappa shape index (κ3) is 0.527. The Kier molecular flexibility index (Phi) is 1.04. The second-order valence-corrected chi connectivity index (χ2v) is 4.18. The lowest BCUT2D eigenvalue weighted by Gasteiger charge is -2.13. The second-order valence-electron chi connectivity index (χ2n) is 4.18. The second kappa shape index (κ2) is 1.61. The van der Waals surface area contributed by atoms with Crippen molar-refractivity contribution in [1.82, 2.24) is 5.32 Å². The summed E-state index contributed by atoms with van der Waals surface area (Å²) in [6, 6.07) is 0. The summed E-state index contributed by atoms with van der Waals surface area (Å²) in [7, 11) is 0. The smallest absolute Gasteiger partial charge is 0.311 e. The fraction of sp³-hybridized carbons (Fsp3) is 0.875. The molecule has 3 nitrogen and oxygen atoms in total. The summed E-state index contributed by atoms with van der Waals surface area (Å²) in [5, 5.41) is 12.1. The Labute approximate surface area is 65.8 Å². The summed E-state index contributed by atoms with van der Waals surface area (Å²) >= 11 is 0. The van der Waals surface area contributed by atoms with Gasteiger partial charge in [-0.15, -0.1) is 0 Å². The van der Waals surface area contributed by atoms with Gasteiger partial charge in [0.1, 0.15) is 0 Å². The lowest BCUT2D eigenvalue weighted by molar-refractivity contribution is -0.144. The van der Waals surface area contributed by atoms with Crippen LogP contribution < -0.4 is 5.32 Å². The molecule has 2 unspecified atom stereocenters. The van der Waals surface area contributed by atoms with Crippen molar-refractivity contribution in [1.29, 1.82) is 0 Å². The minimum atomic E-state index is -0.627. The van der Waals surface area contributed by atoms with Gasteiger partial charge in [0.15, 0.2) is 0 Å². The van der Waals surface area contributed by atoms with Crippen LogP contribution in [0.3, 0.4) is 0 Å². The van der Waals surface area contributed by atoms with Crippen LogP contribution in [0.4, 0.5) is 0 Å². The average Bonchev–Trinajstić information content (AvgIpc) is 2.25. The summed E-state index contributed by atoms with van der Waals surface area (Å²) in [6.07, 6.45) is 0. The highest BCUT2D eigenvalue weighted by Gasteiger charge is 2.77. The molecule has 0 spiro atoms. The van der Waals surface area contributed by atoms with Crippen LogP contribution in [0.2, 0.25) is 0 Å². The zero-order valence-electron chi connectivity index (χ0n) is 6.85. The van der Waals surface area contributed by atoms with Crippen molar-refractivity contribution in [2.24, 2.45) is 16.7 Å². The molecule has 2 fully saturated rings. The number of fused-ring (bicyclic) bond motifs is 1. The first kappa shape index (κ1) is 7.10. The number of aliphatic carboxylic acids is 1. The molecule has 11 heavy (non-hydrogen) atoms. The Morgan fingerprint density at radius 3 is 2.55 bits per heavy atom. The molecule has 2 aliphatic rings. The quantitative estimate of drug-likeness (QED) is 0.573. The lowest BCUT2D eigenvalue weighted by atomic mass is 9.96. The van der Waals surface area contributed by atoms with E-state index in [-0.39, 0.29) is 5.41 Å². The maximum Gasteiger partial charge on any atom is 0.311 e. The van der Waals surface area contributed by atoms with Crippen molar-refractivity contribution in [2.45, 2.75) is 13.8 Å². The Morgan fingerprint density at radius 1 is 1.64 bits per heavy atom. The molecular formula is C8H13NO2. The minimum Gasteiger partial charge on any atom is -0.481 e. The fourth-order valence-electron chi connectivity index (χ4n) is 2.66. The molecule has 0 aromatic carbocycles. The van der Waals surface area contributed by atoms with Gasteiger partial charge in [0, 0.05) is 6.54 Å². The third-order valence-corrected chi connectivity index (χ3v) is 3.67. The Bertz CT molecular complexity index is 224. The third-order valence-electron chi connectivity index (χ3n) is 3.67. The molecule has 1 aliphatic heterocycles. The SMILES string of the molecule is CC1(C)C2CNCC21C(=O)O. The van der Waals surface area contributed by atoms with E-state index in [0.717, 1.165) is 6.54 Å². The summed E-state index contributed by atoms with van der Waals surface area (Å²) in [4.78, 5) is 10.9. The number of hydrogen-bond donors (Lipinski definition) is 2. The van der Waals surface area contributed by atoms with Crippen molar-refractivity contribution >= 4 is 5.97 Å². The first-order valence-corrected chi connectivity index (χ1v) is 3.97.